The number of carbonyl (C=O) groups is 1. The Kier molecular flexibility index (Phi) is 3.48. The third-order valence-corrected chi connectivity index (χ3v) is 6.72. The quantitative estimate of drug-likeness (QED) is 0.776. The Morgan fingerprint density at radius 1 is 1.21 bits per heavy atom. The Balaban J connectivity index is 1.78. The molecular formula is C16H26BrNO. The molecule has 1 amide bonds. The predicted molar refractivity (Wildman–Crippen MR) is 81.3 cm³/mol. The molecule has 0 aromatic carbocycles. The average molecular weight is 328 g/mol. The van der Waals surface area contributed by atoms with Crippen LogP contribution in [-0.2, 0) is 4.79 Å². The summed E-state index contributed by atoms with van der Waals surface area (Å²) in [6.07, 6.45) is 9.40. The summed E-state index contributed by atoms with van der Waals surface area (Å²) in [7, 11) is 0. The molecule has 19 heavy (non-hydrogen) atoms. The molecule has 4 rings (SSSR count). The van der Waals surface area contributed by atoms with Crippen LogP contribution in [0.25, 0.3) is 0 Å². The normalized spacial score (nSPS) is 43.8. The summed E-state index contributed by atoms with van der Waals surface area (Å²) in [4.78, 5) is 12.8. The van der Waals surface area contributed by atoms with Gasteiger partial charge in [-0.25, -0.2) is 0 Å². The van der Waals surface area contributed by atoms with Gasteiger partial charge in [-0.15, -0.1) is 0 Å². The maximum absolute atomic E-state index is 12.8. The molecule has 2 nitrogen and oxygen atoms in total. The van der Waals surface area contributed by atoms with E-state index in [1.54, 1.807) is 0 Å². The van der Waals surface area contributed by atoms with Crippen LogP contribution in [0.1, 0.15) is 65.2 Å². The van der Waals surface area contributed by atoms with Crippen LogP contribution in [0.4, 0.5) is 0 Å². The Morgan fingerprint density at radius 3 is 2.26 bits per heavy atom. The number of amides is 1. The minimum Gasteiger partial charge on any atom is -0.353 e. The predicted octanol–water partition coefficient (Wildman–Crippen LogP) is 4.03. The Labute approximate surface area is 125 Å². The van der Waals surface area contributed by atoms with Crippen LogP contribution in [0.3, 0.4) is 0 Å². The number of nitrogens with one attached hydrogen (secondary N) is 1. The maximum atomic E-state index is 12.8. The fraction of sp³-hybridized carbons (Fsp3) is 0.938. The molecule has 4 aliphatic carbocycles. The lowest BCUT2D eigenvalue weighted by molar-refractivity contribution is -0.144. The molecule has 0 aliphatic heterocycles. The summed E-state index contributed by atoms with van der Waals surface area (Å²) in [5, 5.41) is 3.33. The molecular weight excluding hydrogens is 302 g/mol. The van der Waals surface area contributed by atoms with Gasteiger partial charge >= 0.3 is 0 Å². The van der Waals surface area contributed by atoms with Crippen LogP contribution in [0, 0.1) is 17.3 Å². The highest BCUT2D eigenvalue weighted by molar-refractivity contribution is 9.10. The first kappa shape index (κ1) is 13.9. The van der Waals surface area contributed by atoms with E-state index < -0.39 is 0 Å². The van der Waals surface area contributed by atoms with Crippen LogP contribution in [0.5, 0.6) is 0 Å². The van der Waals surface area contributed by atoms with Crippen LogP contribution >= 0.6 is 15.9 Å². The molecule has 0 aromatic heterocycles. The Bertz CT molecular complexity index is 363. The molecule has 108 valence electrons. The fourth-order valence-electron chi connectivity index (χ4n) is 5.25. The third-order valence-electron chi connectivity index (χ3n) is 5.79. The first-order valence-electron chi connectivity index (χ1n) is 7.98. The molecule has 4 fully saturated rings. The molecule has 4 bridgehead atoms. The summed E-state index contributed by atoms with van der Waals surface area (Å²) in [6, 6.07) is 0.367. The van der Waals surface area contributed by atoms with E-state index in [1.807, 2.05) is 0 Å². The van der Waals surface area contributed by atoms with Crippen molar-refractivity contribution in [3.63, 3.8) is 0 Å². The van der Waals surface area contributed by atoms with Gasteiger partial charge in [0, 0.05) is 10.4 Å². The molecule has 4 saturated carbocycles. The minimum absolute atomic E-state index is 0.0455. The Morgan fingerprint density at radius 2 is 1.79 bits per heavy atom. The van der Waals surface area contributed by atoms with Gasteiger partial charge in [0.15, 0.2) is 0 Å². The zero-order valence-corrected chi connectivity index (χ0v) is 13.8. The van der Waals surface area contributed by atoms with Gasteiger partial charge in [-0.1, -0.05) is 29.8 Å². The number of halogens is 1. The van der Waals surface area contributed by atoms with Gasteiger partial charge in [-0.3, -0.25) is 4.79 Å². The van der Waals surface area contributed by atoms with Gasteiger partial charge in [0.1, 0.15) is 0 Å². The first-order valence-corrected chi connectivity index (χ1v) is 8.78. The van der Waals surface area contributed by atoms with Gasteiger partial charge in [0.2, 0.25) is 5.91 Å². The highest BCUT2D eigenvalue weighted by Crippen LogP contribution is 2.64. The fourth-order valence-corrected chi connectivity index (χ4v) is 6.70. The zero-order chi connectivity index (χ0) is 13.7. The van der Waals surface area contributed by atoms with Crippen molar-refractivity contribution in [2.45, 2.75) is 75.6 Å². The van der Waals surface area contributed by atoms with Gasteiger partial charge < -0.3 is 5.32 Å². The zero-order valence-electron chi connectivity index (χ0n) is 12.2. The van der Waals surface area contributed by atoms with Gasteiger partial charge in [0.05, 0.1) is 5.41 Å². The summed E-state index contributed by atoms with van der Waals surface area (Å²) < 4.78 is 0.280. The number of hydrogen-bond acceptors (Lipinski definition) is 1. The number of hydrogen-bond donors (Lipinski definition) is 1. The molecule has 3 heteroatoms. The van der Waals surface area contributed by atoms with Crippen molar-refractivity contribution in [1.82, 2.24) is 5.32 Å². The van der Waals surface area contributed by atoms with Crippen molar-refractivity contribution in [2.24, 2.45) is 17.3 Å². The Hall–Kier alpha value is -0.0500. The van der Waals surface area contributed by atoms with Crippen LogP contribution < -0.4 is 5.32 Å². The van der Waals surface area contributed by atoms with Crippen molar-refractivity contribution < 1.29 is 4.79 Å². The van der Waals surface area contributed by atoms with Crippen molar-refractivity contribution >= 4 is 21.8 Å². The highest BCUT2D eigenvalue weighted by atomic mass is 79.9. The first-order chi connectivity index (χ1) is 8.98. The highest BCUT2D eigenvalue weighted by Gasteiger charge is 2.59. The molecule has 1 N–H and O–H groups in total. The van der Waals surface area contributed by atoms with E-state index in [-0.39, 0.29) is 9.74 Å². The number of rotatable bonds is 4. The molecule has 0 spiro atoms. The molecule has 0 saturated heterocycles. The smallest absolute Gasteiger partial charge is 0.226 e. The molecule has 0 heterocycles. The van der Waals surface area contributed by atoms with Crippen LogP contribution in [0.15, 0.2) is 0 Å². The third kappa shape index (κ3) is 2.36. The number of alkyl halides is 1. The maximum Gasteiger partial charge on any atom is 0.226 e. The SMILES string of the molecule is CCC(CC)NC(=O)C12CC3CC(CC(Br)(C3)C1)C2. The molecule has 0 aromatic rings. The largest absolute Gasteiger partial charge is 0.353 e. The van der Waals surface area contributed by atoms with E-state index in [9.17, 15) is 4.79 Å². The van der Waals surface area contributed by atoms with Gasteiger partial charge in [-0.2, -0.15) is 0 Å². The van der Waals surface area contributed by atoms with Gasteiger partial charge in [0.25, 0.3) is 0 Å². The van der Waals surface area contributed by atoms with Gasteiger partial charge in [-0.05, 0) is 63.2 Å². The second-order valence-corrected chi connectivity index (χ2v) is 9.06. The molecule has 2 atom stereocenters. The van der Waals surface area contributed by atoms with E-state index in [2.05, 4.69) is 35.1 Å². The summed E-state index contributed by atoms with van der Waals surface area (Å²) >= 11 is 3.98. The summed E-state index contributed by atoms with van der Waals surface area (Å²) in [5.74, 6) is 1.93. The van der Waals surface area contributed by atoms with E-state index in [4.69, 9.17) is 0 Å². The standard InChI is InChI=1S/C16H26BrNO/c1-3-13(4-2)18-14(19)15-6-11-5-12(7-15)9-16(17,8-11)10-15/h11-13H,3-10H2,1-2H3,(H,18,19). The second kappa shape index (κ2) is 4.75. The van der Waals surface area contributed by atoms with Crippen molar-refractivity contribution in [1.29, 1.82) is 0 Å². The summed E-state index contributed by atoms with van der Waals surface area (Å²) in [5.41, 5.74) is -0.0455. The van der Waals surface area contributed by atoms with E-state index in [1.165, 1.54) is 19.3 Å². The molecule has 0 radical (unpaired) electrons. The minimum atomic E-state index is -0.0455. The average Bonchev–Trinajstić information content (AvgIpc) is 2.32. The van der Waals surface area contributed by atoms with Crippen LogP contribution in [0.2, 0.25) is 0 Å². The topological polar surface area (TPSA) is 29.1 Å². The van der Waals surface area contributed by atoms with Crippen molar-refractivity contribution in [2.75, 3.05) is 0 Å². The summed E-state index contributed by atoms with van der Waals surface area (Å²) in [6.45, 7) is 4.33. The number of carbonyl (C=O) groups excluding carboxylic acids is 1. The lowest BCUT2D eigenvalue weighted by atomic mass is 9.49. The van der Waals surface area contributed by atoms with Crippen molar-refractivity contribution in [3.8, 4) is 0 Å². The lowest BCUT2D eigenvalue weighted by Crippen LogP contribution is -2.59. The molecule has 4 aliphatic rings. The van der Waals surface area contributed by atoms with E-state index in [0.717, 1.165) is 43.9 Å². The van der Waals surface area contributed by atoms with Crippen LogP contribution in [-0.4, -0.2) is 16.3 Å². The van der Waals surface area contributed by atoms with E-state index >= 15 is 0 Å². The lowest BCUT2D eigenvalue weighted by Gasteiger charge is -2.59. The molecule has 2 unspecified atom stereocenters. The van der Waals surface area contributed by atoms with E-state index in [0.29, 0.717) is 11.9 Å². The van der Waals surface area contributed by atoms with Crippen molar-refractivity contribution in [3.05, 3.63) is 0 Å². The second-order valence-electron chi connectivity index (χ2n) is 7.38. The monoisotopic (exact) mass is 327 g/mol.